The van der Waals surface area contributed by atoms with E-state index in [0.29, 0.717) is 51.3 Å². The number of hydrogen-bond acceptors (Lipinski definition) is 4. The van der Waals surface area contributed by atoms with Gasteiger partial charge in [-0.1, -0.05) is 34.4 Å². The molecule has 0 radical (unpaired) electrons. The van der Waals surface area contributed by atoms with Crippen LogP contribution in [0.5, 0.6) is 0 Å². The second kappa shape index (κ2) is 6.63. The molecular weight excluding hydrogens is 361 g/mol. The summed E-state index contributed by atoms with van der Waals surface area (Å²) in [4.78, 5) is 15.1. The maximum absolute atomic E-state index is 13.2. The predicted octanol–water partition coefficient (Wildman–Crippen LogP) is 3.92. The van der Waals surface area contributed by atoms with Crippen molar-refractivity contribution in [3.05, 3.63) is 39.6 Å². The van der Waals surface area contributed by atoms with E-state index in [4.69, 9.17) is 27.7 Å². The molecule has 2 aromatic rings. The molecule has 2 aliphatic rings. The van der Waals surface area contributed by atoms with E-state index in [1.54, 1.807) is 25.1 Å². The Morgan fingerprint density at radius 3 is 2.72 bits per heavy atom. The number of carbonyl (C=O) groups excluding carboxylic acids is 1. The van der Waals surface area contributed by atoms with Gasteiger partial charge in [-0.25, -0.2) is 0 Å². The highest BCUT2D eigenvalue weighted by Crippen LogP contribution is 2.37. The number of aryl methyl sites for hydroxylation is 1. The smallest absolute Gasteiger partial charge is 0.259 e. The number of rotatable bonds is 2. The van der Waals surface area contributed by atoms with Crippen molar-refractivity contribution >= 4 is 29.1 Å². The minimum absolute atomic E-state index is 0.0703. The van der Waals surface area contributed by atoms with Crippen molar-refractivity contribution in [2.24, 2.45) is 0 Å². The highest BCUT2D eigenvalue weighted by atomic mass is 35.5. The van der Waals surface area contributed by atoms with E-state index in [0.717, 1.165) is 19.4 Å². The predicted molar refractivity (Wildman–Crippen MR) is 97.2 cm³/mol. The first kappa shape index (κ1) is 16.9. The van der Waals surface area contributed by atoms with Gasteiger partial charge >= 0.3 is 0 Å². The molecule has 3 heterocycles. The van der Waals surface area contributed by atoms with Gasteiger partial charge in [-0.2, -0.15) is 0 Å². The van der Waals surface area contributed by atoms with E-state index in [2.05, 4.69) is 10.5 Å². The molecule has 2 bridgehead atoms. The molecule has 7 heteroatoms. The summed E-state index contributed by atoms with van der Waals surface area (Å²) in [7, 11) is 0. The fourth-order valence-electron chi connectivity index (χ4n) is 3.80. The molecule has 2 aliphatic heterocycles. The first-order valence-electron chi connectivity index (χ1n) is 8.50. The third-order valence-corrected chi connectivity index (χ3v) is 5.72. The van der Waals surface area contributed by atoms with E-state index < -0.39 is 0 Å². The molecule has 5 nitrogen and oxygen atoms in total. The third kappa shape index (κ3) is 3.05. The zero-order valence-corrected chi connectivity index (χ0v) is 15.4. The summed E-state index contributed by atoms with van der Waals surface area (Å²) < 4.78 is 5.33. The third-order valence-electron chi connectivity index (χ3n) is 5.09. The molecule has 2 atom stereocenters. The van der Waals surface area contributed by atoms with Gasteiger partial charge in [0.05, 0.1) is 10.0 Å². The Morgan fingerprint density at radius 2 is 1.96 bits per heavy atom. The number of halogens is 2. The highest BCUT2D eigenvalue weighted by molar-refractivity contribution is 6.39. The lowest BCUT2D eigenvalue weighted by molar-refractivity contribution is 0.0747. The van der Waals surface area contributed by atoms with Crippen LogP contribution in [0.15, 0.2) is 22.7 Å². The minimum Gasteiger partial charge on any atom is -0.360 e. The number of carbonyl (C=O) groups is 1. The first-order chi connectivity index (χ1) is 12.0. The van der Waals surface area contributed by atoms with Gasteiger partial charge < -0.3 is 14.7 Å². The van der Waals surface area contributed by atoms with Crippen LogP contribution in [0.2, 0.25) is 10.0 Å². The summed E-state index contributed by atoms with van der Waals surface area (Å²) in [6.07, 6.45) is 3.27. The van der Waals surface area contributed by atoms with Crippen molar-refractivity contribution < 1.29 is 9.32 Å². The van der Waals surface area contributed by atoms with Crippen LogP contribution in [0.25, 0.3) is 11.3 Å². The number of benzene rings is 1. The molecule has 1 N–H and O–H groups in total. The summed E-state index contributed by atoms with van der Waals surface area (Å²) in [6, 6.07) is 6.11. The molecule has 132 valence electrons. The Bertz CT molecular complexity index is 800. The average Bonchev–Trinajstić information content (AvgIpc) is 3.09. The normalized spacial score (nSPS) is 22.9. The van der Waals surface area contributed by atoms with Crippen molar-refractivity contribution in [3.63, 3.8) is 0 Å². The Morgan fingerprint density at radius 1 is 1.24 bits per heavy atom. The van der Waals surface area contributed by atoms with Gasteiger partial charge in [-0.3, -0.25) is 4.79 Å². The van der Waals surface area contributed by atoms with Crippen molar-refractivity contribution in [1.29, 1.82) is 0 Å². The molecule has 1 amide bonds. The molecule has 2 unspecified atom stereocenters. The van der Waals surface area contributed by atoms with Crippen LogP contribution >= 0.6 is 23.2 Å². The summed E-state index contributed by atoms with van der Waals surface area (Å²) >= 11 is 12.6. The van der Waals surface area contributed by atoms with Crippen LogP contribution in [0.4, 0.5) is 0 Å². The second-order valence-electron chi connectivity index (χ2n) is 6.74. The maximum atomic E-state index is 13.2. The quantitative estimate of drug-likeness (QED) is 0.858. The van der Waals surface area contributed by atoms with Gasteiger partial charge in [0.25, 0.3) is 5.91 Å². The maximum Gasteiger partial charge on any atom is 0.259 e. The first-order valence-corrected chi connectivity index (χ1v) is 9.26. The summed E-state index contributed by atoms with van der Waals surface area (Å²) in [5.41, 5.74) is 1.41. The van der Waals surface area contributed by atoms with Crippen molar-refractivity contribution in [3.8, 4) is 11.3 Å². The lowest BCUT2D eigenvalue weighted by Crippen LogP contribution is -2.39. The zero-order chi connectivity index (χ0) is 17.6. The number of nitrogens with zero attached hydrogens (tertiary/aromatic N) is 2. The molecule has 0 spiro atoms. The van der Waals surface area contributed by atoms with E-state index >= 15 is 0 Å². The number of nitrogens with one attached hydrogen (secondary N) is 1. The van der Waals surface area contributed by atoms with Crippen LogP contribution < -0.4 is 5.32 Å². The van der Waals surface area contributed by atoms with Gasteiger partial charge in [0.15, 0.2) is 0 Å². The molecule has 2 fully saturated rings. The van der Waals surface area contributed by atoms with Crippen LogP contribution in [-0.2, 0) is 0 Å². The molecule has 1 aromatic heterocycles. The van der Waals surface area contributed by atoms with Crippen LogP contribution in [0, 0.1) is 6.92 Å². The number of likely N-dealkylation sites (tertiary alicyclic amines) is 1. The zero-order valence-electron chi connectivity index (χ0n) is 13.9. The van der Waals surface area contributed by atoms with Crippen LogP contribution in [0.1, 0.15) is 35.4 Å². The van der Waals surface area contributed by atoms with Crippen molar-refractivity contribution in [1.82, 2.24) is 15.4 Å². The van der Waals surface area contributed by atoms with E-state index in [9.17, 15) is 4.79 Å². The van der Waals surface area contributed by atoms with Gasteiger partial charge in [0.1, 0.15) is 17.0 Å². The molecular formula is C18H19Cl2N3O2. The Balaban J connectivity index is 1.71. The van der Waals surface area contributed by atoms with Crippen LogP contribution in [-0.4, -0.2) is 41.1 Å². The monoisotopic (exact) mass is 379 g/mol. The lowest BCUT2D eigenvalue weighted by Gasteiger charge is -2.24. The lowest BCUT2D eigenvalue weighted by atomic mass is 10.0. The standard InChI is InChI=1S/C18H19Cl2N3O2/c1-10-15(17(22-25-10)16-13(19)3-2-4-14(16)20)18(24)23-8-7-11-5-6-12(9-23)21-11/h2-4,11-12,21H,5-9H2,1H3. The SMILES string of the molecule is Cc1onc(-c2c(Cl)cccc2Cl)c1C(=O)N1CCC2CCC(C1)N2. The molecule has 25 heavy (non-hydrogen) atoms. The Labute approximate surface area is 156 Å². The van der Waals surface area contributed by atoms with Gasteiger partial charge in [-0.05, 0) is 38.3 Å². The molecule has 2 saturated heterocycles. The van der Waals surface area contributed by atoms with E-state index in [1.807, 2.05) is 4.90 Å². The highest BCUT2D eigenvalue weighted by Gasteiger charge is 2.34. The number of amides is 1. The summed E-state index contributed by atoms with van der Waals surface area (Å²) in [6.45, 7) is 3.18. The molecule has 0 aliphatic carbocycles. The van der Waals surface area contributed by atoms with E-state index in [1.165, 1.54) is 6.42 Å². The number of fused-ring (bicyclic) bond motifs is 2. The number of aromatic nitrogens is 1. The molecule has 1 aromatic carbocycles. The van der Waals surface area contributed by atoms with Crippen LogP contribution in [0.3, 0.4) is 0 Å². The van der Waals surface area contributed by atoms with Crippen molar-refractivity contribution in [2.75, 3.05) is 13.1 Å². The molecule has 0 saturated carbocycles. The van der Waals surface area contributed by atoms with E-state index in [-0.39, 0.29) is 5.91 Å². The van der Waals surface area contributed by atoms with Crippen molar-refractivity contribution in [2.45, 2.75) is 38.3 Å². The topological polar surface area (TPSA) is 58.4 Å². The summed E-state index contributed by atoms with van der Waals surface area (Å²) in [5.74, 6) is 0.414. The Hall–Kier alpha value is -1.56. The van der Waals surface area contributed by atoms with Gasteiger partial charge in [0.2, 0.25) is 0 Å². The largest absolute Gasteiger partial charge is 0.360 e. The number of hydrogen-bond donors (Lipinski definition) is 1. The molecule has 4 rings (SSSR count). The Kier molecular flexibility index (Phi) is 4.48. The van der Waals surface area contributed by atoms with Gasteiger partial charge in [0, 0.05) is 30.7 Å². The summed E-state index contributed by atoms with van der Waals surface area (Å²) in [5, 5.41) is 8.58. The van der Waals surface area contributed by atoms with Gasteiger partial charge in [-0.15, -0.1) is 0 Å². The second-order valence-corrected chi connectivity index (χ2v) is 7.55. The average molecular weight is 380 g/mol. The fourth-order valence-corrected chi connectivity index (χ4v) is 4.38. The minimum atomic E-state index is -0.0703. The fraction of sp³-hybridized carbons (Fsp3) is 0.444.